The summed E-state index contributed by atoms with van der Waals surface area (Å²) in [5.41, 5.74) is 0. The highest BCUT2D eigenvalue weighted by Gasteiger charge is 2.51. The van der Waals surface area contributed by atoms with Gasteiger partial charge in [0.2, 0.25) is 5.91 Å². The summed E-state index contributed by atoms with van der Waals surface area (Å²) >= 11 is 0. The number of carbonyl (C=O) groups is 1. The van der Waals surface area contributed by atoms with E-state index in [0.717, 1.165) is 57.8 Å². The second-order valence-electron chi connectivity index (χ2n) is 24.6. The fourth-order valence-electron chi connectivity index (χ4n) is 11.3. The first-order valence-corrected chi connectivity index (χ1v) is 35.0. The molecule has 2 fully saturated rings. The summed E-state index contributed by atoms with van der Waals surface area (Å²) in [6.45, 7) is 2.79. The monoisotopic (exact) mass is 1200 g/mol. The Kier molecular flexibility index (Phi) is 51.7. The van der Waals surface area contributed by atoms with Crippen LogP contribution in [0.4, 0.5) is 0 Å². The van der Waals surface area contributed by atoms with Crippen molar-refractivity contribution in [1.82, 2.24) is 5.32 Å². The SMILES string of the molecule is CCCCCCC/C=C\C/C=C\CCCCCCCCCCCC(=O)NC(COC1OC(CO)C(OC2OC(CO)C(O)C(O)C2O)C(O)C1O)C(O)/C=C/CC/C=C/CC/C=C/CCCCCCCCCCCCCCCCCCCCCC. The maximum absolute atomic E-state index is 13.3. The largest absolute Gasteiger partial charge is 0.394 e. The molecule has 2 aliphatic heterocycles. The average molecular weight is 1200 g/mol. The van der Waals surface area contributed by atoms with E-state index < -0.39 is 86.8 Å². The van der Waals surface area contributed by atoms with Crippen LogP contribution in [0.2, 0.25) is 0 Å². The zero-order valence-corrected chi connectivity index (χ0v) is 53.8. The Labute approximate surface area is 517 Å². The minimum Gasteiger partial charge on any atom is -0.394 e. The molecule has 0 saturated carbocycles. The van der Waals surface area contributed by atoms with Crippen LogP contribution in [0.3, 0.4) is 0 Å². The zero-order chi connectivity index (χ0) is 61.6. The van der Waals surface area contributed by atoms with Crippen molar-refractivity contribution >= 4 is 5.91 Å². The molecule has 12 atom stereocenters. The fourth-order valence-corrected chi connectivity index (χ4v) is 11.3. The number of ether oxygens (including phenoxy) is 4. The number of nitrogens with one attached hydrogen (secondary N) is 1. The molecule has 496 valence electrons. The fraction of sp³-hybridized carbons (Fsp3) is 0.845. The highest BCUT2D eigenvalue weighted by molar-refractivity contribution is 5.76. The molecule has 14 nitrogen and oxygen atoms in total. The normalized spacial score (nSPS) is 23.9. The predicted octanol–water partition coefficient (Wildman–Crippen LogP) is 14.1. The molecular formula is C71H129NO13. The second-order valence-corrected chi connectivity index (χ2v) is 24.6. The summed E-state index contributed by atoms with van der Waals surface area (Å²) in [5, 5.41) is 87.4. The van der Waals surface area contributed by atoms with Crippen LogP contribution >= 0.6 is 0 Å². The molecule has 0 spiro atoms. The number of carbonyl (C=O) groups excluding carboxylic acids is 1. The lowest BCUT2D eigenvalue weighted by molar-refractivity contribution is -0.359. The average Bonchev–Trinajstić information content (AvgIpc) is 3.69. The van der Waals surface area contributed by atoms with Gasteiger partial charge in [0.1, 0.15) is 48.8 Å². The number of unbranched alkanes of at least 4 members (excludes halogenated alkanes) is 36. The Morgan fingerprint density at radius 1 is 0.424 bits per heavy atom. The van der Waals surface area contributed by atoms with E-state index in [2.05, 4.69) is 67.8 Å². The van der Waals surface area contributed by atoms with E-state index in [1.165, 1.54) is 199 Å². The molecule has 2 aliphatic rings. The molecule has 0 aromatic rings. The van der Waals surface area contributed by atoms with Crippen molar-refractivity contribution in [2.45, 2.75) is 364 Å². The van der Waals surface area contributed by atoms with Crippen LogP contribution in [0.1, 0.15) is 290 Å². The summed E-state index contributed by atoms with van der Waals surface area (Å²) in [4.78, 5) is 13.3. The minimum absolute atomic E-state index is 0.256. The van der Waals surface area contributed by atoms with Gasteiger partial charge in [-0.25, -0.2) is 0 Å². The summed E-state index contributed by atoms with van der Waals surface area (Å²) in [7, 11) is 0. The predicted molar refractivity (Wildman–Crippen MR) is 346 cm³/mol. The van der Waals surface area contributed by atoms with Gasteiger partial charge in [-0.2, -0.15) is 0 Å². The molecule has 0 bridgehead atoms. The van der Waals surface area contributed by atoms with Crippen molar-refractivity contribution < 1.29 is 64.6 Å². The van der Waals surface area contributed by atoms with Crippen molar-refractivity contribution in [2.75, 3.05) is 19.8 Å². The van der Waals surface area contributed by atoms with Crippen molar-refractivity contribution in [3.05, 3.63) is 60.8 Å². The summed E-state index contributed by atoms with van der Waals surface area (Å²) < 4.78 is 22.8. The number of rotatable bonds is 57. The molecule has 0 aliphatic carbocycles. The van der Waals surface area contributed by atoms with E-state index >= 15 is 0 Å². The lowest BCUT2D eigenvalue weighted by atomic mass is 9.97. The zero-order valence-electron chi connectivity index (χ0n) is 53.8. The lowest BCUT2D eigenvalue weighted by Crippen LogP contribution is -2.65. The Morgan fingerprint density at radius 3 is 1.22 bits per heavy atom. The van der Waals surface area contributed by atoms with Gasteiger partial charge in [-0.15, -0.1) is 0 Å². The van der Waals surface area contributed by atoms with Gasteiger partial charge in [0.15, 0.2) is 12.6 Å². The summed E-state index contributed by atoms with van der Waals surface area (Å²) in [5.74, 6) is -0.256. The van der Waals surface area contributed by atoms with Gasteiger partial charge in [0.05, 0.1) is 32.0 Å². The van der Waals surface area contributed by atoms with Gasteiger partial charge in [0.25, 0.3) is 0 Å². The van der Waals surface area contributed by atoms with E-state index in [1.54, 1.807) is 6.08 Å². The minimum atomic E-state index is -1.80. The highest BCUT2D eigenvalue weighted by Crippen LogP contribution is 2.30. The van der Waals surface area contributed by atoms with E-state index in [4.69, 9.17) is 18.9 Å². The van der Waals surface area contributed by atoms with Crippen LogP contribution in [-0.4, -0.2) is 140 Å². The van der Waals surface area contributed by atoms with E-state index in [0.29, 0.717) is 12.8 Å². The van der Waals surface area contributed by atoms with Gasteiger partial charge < -0.3 is 65.1 Å². The maximum atomic E-state index is 13.3. The van der Waals surface area contributed by atoms with E-state index in [9.17, 15) is 45.6 Å². The van der Waals surface area contributed by atoms with Gasteiger partial charge >= 0.3 is 0 Å². The highest BCUT2D eigenvalue weighted by atomic mass is 16.7. The first-order chi connectivity index (χ1) is 41.6. The third kappa shape index (κ3) is 40.1. The molecule has 12 unspecified atom stereocenters. The van der Waals surface area contributed by atoms with Crippen LogP contribution in [0.5, 0.6) is 0 Å². The van der Waals surface area contributed by atoms with Crippen molar-refractivity contribution in [1.29, 1.82) is 0 Å². The van der Waals surface area contributed by atoms with E-state index in [-0.39, 0.29) is 18.9 Å². The Balaban J connectivity index is 1.71. The number of aliphatic hydroxyl groups is 8. The van der Waals surface area contributed by atoms with Crippen LogP contribution in [0, 0.1) is 0 Å². The Morgan fingerprint density at radius 2 is 0.788 bits per heavy atom. The molecule has 0 radical (unpaired) electrons. The van der Waals surface area contributed by atoms with Crippen molar-refractivity contribution in [3.8, 4) is 0 Å². The molecule has 14 heteroatoms. The molecule has 1 amide bonds. The molecule has 2 heterocycles. The molecule has 0 aromatic carbocycles. The van der Waals surface area contributed by atoms with Gasteiger partial charge in [-0.3, -0.25) is 4.79 Å². The van der Waals surface area contributed by atoms with Gasteiger partial charge in [-0.1, -0.05) is 267 Å². The first-order valence-electron chi connectivity index (χ1n) is 35.0. The van der Waals surface area contributed by atoms with Crippen molar-refractivity contribution in [2.24, 2.45) is 0 Å². The first kappa shape index (κ1) is 78.8. The van der Waals surface area contributed by atoms with Crippen LogP contribution in [0.25, 0.3) is 0 Å². The number of hydrogen-bond acceptors (Lipinski definition) is 13. The third-order valence-electron chi connectivity index (χ3n) is 16.9. The van der Waals surface area contributed by atoms with E-state index in [1.807, 2.05) is 6.08 Å². The summed E-state index contributed by atoms with van der Waals surface area (Å²) in [6, 6.07) is -0.944. The van der Waals surface area contributed by atoms with Crippen molar-refractivity contribution in [3.63, 3.8) is 0 Å². The van der Waals surface area contributed by atoms with Gasteiger partial charge in [0, 0.05) is 6.42 Å². The number of amides is 1. The number of hydrogen-bond donors (Lipinski definition) is 9. The maximum Gasteiger partial charge on any atom is 0.220 e. The van der Waals surface area contributed by atoms with Crippen LogP contribution in [-0.2, 0) is 23.7 Å². The van der Waals surface area contributed by atoms with Crippen LogP contribution < -0.4 is 5.32 Å². The molecule has 0 aromatic heterocycles. The topological polar surface area (TPSA) is 228 Å². The number of allylic oxidation sites excluding steroid dienone is 9. The number of aliphatic hydroxyl groups excluding tert-OH is 8. The smallest absolute Gasteiger partial charge is 0.220 e. The molecular weight excluding hydrogens is 1070 g/mol. The Hall–Kier alpha value is -2.31. The molecule has 9 N–H and O–H groups in total. The summed E-state index contributed by atoms with van der Waals surface area (Å²) in [6.07, 6.45) is 57.1. The quantitative estimate of drug-likeness (QED) is 0.0204. The molecule has 2 rings (SSSR count). The second kappa shape index (κ2) is 55.7. The third-order valence-corrected chi connectivity index (χ3v) is 16.9. The van der Waals surface area contributed by atoms with Gasteiger partial charge in [-0.05, 0) is 77.0 Å². The molecule has 85 heavy (non-hydrogen) atoms. The van der Waals surface area contributed by atoms with Crippen LogP contribution in [0.15, 0.2) is 60.8 Å². The molecule has 2 saturated heterocycles. The lowest BCUT2D eigenvalue weighted by Gasteiger charge is -2.46. The Bertz CT molecular complexity index is 1660. The standard InChI is InChI=1S/C71H129NO13/c1-3-5-7-9-11-13-15-17-19-21-23-25-26-27-28-29-30-31-32-33-35-36-38-40-42-44-46-48-50-52-54-60(75)59(58-82-70-68(81)66(79)69(62(57-74)84-70)85-71-67(80)65(78)64(77)61(56-73)83-71)72-63(76)55-53-51-49-47-45-43-41-39-37-34-24-22-20-18-16-14-12-10-8-6-4-2/h16,18,22,24,36,38,44,46,52,54,59-62,64-71,73-75,77-81H,3-15,17,19-21,23,25-35,37,39-43,45,47-51,53,55-58H2,1-2H3,(H,72,76)/b18-16-,24-22-,38-36+,46-44+,54-52+.